The van der Waals surface area contributed by atoms with E-state index in [1.54, 1.807) is 7.11 Å². The summed E-state index contributed by atoms with van der Waals surface area (Å²) in [4.78, 5) is 2.32. The smallest absolute Gasteiger partial charge is 0.118 e. The lowest BCUT2D eigenvalue weighted by Gasteiger charge is -2.34. The molecule has 3 nitrogen and oxygen atoms in total. The largest absolute Gasteiger partial charge is 0.497 e. The van der Waals surface area contributed by atoms with Crippen molar-refractivity contribution >= 4 is 0 Å². The minimum Gasteiger partial charge on any atom is -0.497 e. The Hall–Kier alpha value is -1.06. The van der Waals surface area contributed by atoms with Crippen LogP contribution in [-0.4, -0.2) is 36.8 Å². The molecule has 3 heteroatoms. The molecule has 0 aromatic heterocycles. The van der Waals surface area contributed by atoms with Gasteiger partial charge in [0.2, 0.25) is 0 Å². The Labute approximate surface area is 103 Å². The van der Waals surface area contributed by atoms with Gasteiger partial charge in [-0.1, -0.05) is 12.1 Å². The molecule has 0 radical (unpaired) electrons. The summed E-state index contributed by atoms with van der Waals surface area (Å²) < 4.78 is 5.14. The second-order valence-corrected chi connectivity index (χ2v) is 5.04. The molecule has 2 rings (SSSR count). The number of aliphatic hydroxyl groups is 1. The maximum absolute atomic E-state index is 9.25. The maximum atomic E-state index is 9.25. The van der Waals surface area contributed by atoms with Gasteiger partial charge in [0.1, 0.15) is 5.75 Å². The van der Waals surface area contributed by atoms with Gasteiger partial charge in [0.25, 0.3) is 0 Å². The molecule has 1 aromatic carbocycles. The van der Waals surface area contributed by atoms with Crippen LogP contribution in [-0.2, 0) is 6.54 Å². The fourth-order valence-electron chi connectivity index (χ4n) is 2.40. The molecule has 0 atom stereocenters. The molecule has 1 aliphatic rings. The van der Waals surface area contributed by atoms with Gasteiger partial charge in [-0.25, -0.2) is 0 Å². The highest BCUT2D eigenvalue weighted by atomic mass is 16.5. The molecule has 1 saturated carbocycles. The topological polar surface area (TPSA) is 32.7 Å². The minimum atomic E-state index is -0.0469. The van der Waals surface area contributed by atoms with E-state index in [1.807, 2.05) is 12.1 Å². The summed E-state index contributed by atoms with van der Waals surface area (Å²) >= 11 is 0. The third-order valence-electron chi connectivity index (χ3n) is 3.39. The van der Waals surface area contributed by atoms with Crippen molar-refractivity contribution in [1.82, 2.24) is 4.90 Å². The average Bonchev–Trinajstić information content (AvgIpc) is 2.28. The van der Waals surface area contributed by atoms with Crippen molar-refractivity contribution in [3.63, 3.8) is 0 Å². The summed E-state index contributed by atoms with van der Waals surface area (Å²) in [5.74, 6) is 1.58. The van der Waals surface area contributed by atoms with Crippen molar-refractivity contribution in [2.45, 2.75) is 25.5 Å². The Morgan fingerprint density at radius 2 is 1.94 bits per heavy atom. The van der Waals surface area contributed by atoms with Crippen LogP contribution in [0.3, 0.4) is 0 Å². The van der Waals surface area contributed by atoms with E-state index in [1.165, 1.54) is 5.56 Å². The molecule has 1 N–H and O–H groups in total. The number of ether oxygens (including phenoxy) is 1. The molecule has 1 fully saturated rings. The Bertz CT molecular complexity index is 344. The van der Waals surface area contributed by atoms with E-state index in [4.69, 9.17) is 4.74 Å². The van der Waals surface area contributed by atoms with Crippen LogP contribution in [0.15, 0.2) is 24.3 Å². The van der Waals surface area contributed by atoms with E-state index in [9.17, 15) is 5.11 Å². The molecule has 1 aliphatic carbocycles. The molecular formula is C14H21NO2. The Kier molecular flexibility index (Phi) is 4.02. The molecule has 94 valence electrons. The Balaban J connectivity index is 1.78. The summed E-state index contributed by atoms with van der Waals surface area (Å²) in [7, 11) is 3.82. The first-order chi connectivity index (χ1) is 8.17. The highest BCUT2D eigenvalue weighted by Crippen LogP contribution is 2.27. The number of aliphatic hydroxyl groups excluding tert-OH is 1. The first kappa shape index (κ1) is 12.4. The van der Waals surface area contributed by atoms with Crippen molar-refractivity contribution < 1.29 is 9.84 Å². The molecule has 0 heterocycles. The van der Waals surface area contributed by atoms with Crippen molar-refractivity contribution in [2.75, 3.05) is 20.7 Å². The molecule has 1 aromatic rings. The zero-order valence-corrected chi connectivity index (χ0v) is 10.6. The van der Waals surface area contributed by atoms with Crippen LogP contribution in [0.5, 0.6) is 5.75 Å². The number of hydrogen-bond donors (Lipinski definition) is 1. The minimum absolute atomic E-state index is 0.0469. The van der Waals surface area contributed by atoms with Crippen molar-refractivity contribution in [2.24, 2.45) is 5.92 Å². The fraction of sp³-hybridized carbons (Fsp3) is 0.571. The number of benzene rings is 1. The summed E-state index contributed by atoms with van der Waals surface area (Å²) in [5, 5.41) is 9.25. The molecule has 0 saturated heterocycles. The fourth-order valence-corrected chi connectivity index (χ4v) is 2.40. The van der Waals surface area contributed by atoms with Gasteiger partial charge < -0.3 is 14.7 Å². The van der Waals surface area contributed by atoms with E-state index >= 15 is 0 Å². The first-order valence-corrected chi connectivity index (χ1v) is 6.17. The predicted molar refractivity (Wildman–Crippen MR) is 68.1 cm³/mol. The monoisotopic (exact) mass is 235 g/mol. The molecular weight excluding hydrogens is 214 g/mol. The molecule has 0 spiro atoms. The van der Waals surface area contributed by atoms with Crippen LogP contribution in [0.1, 0.15) is 18.4 Å². The molecule has 0 unspecified atom stereocenters. The van der Waals surface area contributed by atoms with Gasteiger partial charge in [0, 0.05) is 13.1 Å². The highest BCUT2D eigenvalue weighted by Gasteiger charge is 2.27. The van der Waals surface area contributed by atoms with Gasteiger partial charge in [-0.2, -0.15) is 0 Å². The van der Waals surface area contributed by atoms with Crippen molar-refractivity contribution in [3.05, 3.63) is 29.8 Å². The lowest BCUT2D eigenvalue weighted by molar-refractivity contribution is 0.0274. The van der Waals surface area contributed by atoms with E-state index in [2.05, 4.69) is 24.1 Å². The number of nitrogens with zero attached hydrogens (tertiary/aromatic N) is 1. The number of hydrogen-bond acceptors (Lipinski definition) is 3. The number of rotatable bonds is 5. The SMILES string of the molecule is COc1ccc(CN(C)CC2CC(O)C2)cc1. The summed E-state index contributed by atoms with van der Waals surface area (Å²) in [6.07, 6.45) is 1.88. The molecule has 0 bridgehead atoms. The second-order valence-electron chi connectivity index (χ2n) is 5.04. The first-order valence-electron chi connectivity index (χ1n) is 6.17. The normalized spacial score (nSPS) is 23.5. The summed E-state index contributed by atoms with van der Waals surface area (Å²) in [6, 6.07) is 8.20. The van der Waals surface area contributed by atoms with Gasteiger partial charge in [0.05, 0.1) is 13.2 Å². The Morgan fingerprint density at radius 1 is 1.29 bits per heavy atom. The van der Waals surface area contributed by atoms with E-state index < -0.39 is 0 Å². The zero-order valence-electron chi connectivity index (χ0n) is 10.6. The van der Waals surface area contributed by atoms with E-state index in [0.717, 1.165) is 31.7 Å². The average molecular weight is 235 g/mol. The van der Waals surface area contributed by atoms with Gasteiger partial charge in [-0.3, -0.25) is 0 Å². The van der Waals surface area contributed by atoms with Crippen LogP contribution >= 0.6 is 0 Å². The Morgan fingerprint density at radius 3 is 2.47 bits per heavy atom. The van der Waals surface area contributed by atoms with E-state index in [0.29, 0.717) is 5.92 Å². The van der Waals surface area contributed by atoms with Gasteiger partial charge in [0.15, 0.2) is 0 Å². The van der Waals surface area contributed by atoms with Crippen LogP contribution in [0, 0.1) is 5.92 Å². The van der Waals surface area contributed by atoms with Gasteiger partial charge >= 0.3 is 0 Å². The quantitative estimate of drug-likeness (QED) is 0.846. The van der Waals surface area contributed by atoms with Crippen molar-refractivity contribution in [1.29, 1.82) is 0 Å². The maximum Gasteiger partial charge on any atom is 0.118 e. The molecule has 17 heavy (non-hydrogen) atoms. The standard InChI is InChI=1S/C14H21NO2/c1-15(10-12-7-13(16)8-12)9-11-3-5-14(17-2)6-4-11/h3-6,12-13,16H,7-10H2,1-2H3. The second kappa shape index (κ2) is 5.52. The van der Waals surface area contributed by atoms with Gasteiger partial charge in [-0.05, 0) is 43.5 Å². The van der Waals surface area contributed by atoms with Crippen LogP contribution in [0.25, 0.3) is 0 Å². The van der Waals surface area contributed by atoms with Crippen LogP contribution in [0.4, 0.5) is 0 Å². The third-order valence-corrected chi connectivity index (χ3v) is 3.39. The molecule has 0 amide bonds. The lowest BCUT2D eigenvalue weighted by Crippen LogP contribution is -2.36. The van der Waals surface area contributed by atoms with Gasteiger partial charge in [-0.15, -0.1) is 0 Å². The van der Waals surface area contributed by atoms with Crippen LogP contribution in [0.2, 0.25) is 0 Å². The predicted octanol–water partition coefficient (Wildman–Crippen LogP) is 1.90. The van der Waals surface area contributed by atoms with Crippen molar-refractivity contribution in [3.8, 4) is 5.75 Å². The summed E-state index contributed by atoms with van der Waals surface area (Å²) in [6.45, 7) is 2.03. The zero-order chi connectivity index (χ0) is 12.3. The summed E-state index contributed by atoms with van der Waals surface area (Å²) in [5.41, 5.74) is 1.30. The number of methoxy groups -OCH3 is 1. The van der Waals surface area contributed by atoms with Crippen LogP contribution < -0.4 is 4.74 Å². The molecule has 0 aliphatic heterocycles. The lowest BCUT2D eigenvalue weighted by atomic mass is 9.82. The highest BCUT2D eigenvalue weighted by molar-refractivity contribution is 5.27. The van der Waals surface area contributed by atoms with E-state index in [-0.39, 0.29) is 6.10 Å². The third kappa shape index (κ3) is 3.45.